The lowest BCUT2D eigenvalue weighted by Gasteiger charge is -2.20. The Morgan fingerprint density at radius 2 is 1.80 bits per heavy atom. The highest BCUT2D eigenvalue weighted by molar-refractivity contribution is 5.85. The number of carbonyl (C=O) groups is 2. The molecule has 0 aromatic carbocycles. The van der Waals surface area contributed by atoms with Crippen LogP contribution in [0.2, 0.25) is 0 Å². The summed E-state index contributed by atoms with van der Waals surface area (Å²) >= 11 is 0. The Bertz CT molecular complexity index is 306. The van der Waals surface area contributed by atoms with Gasteiger partial charge in [0, 0.05) is 6.54 Å². The van der Waals surface area contributed by atoms with E-state index < -0.39 is 18.2 Å². The minimum atomic E-state index is -0.618. The van der Waals surface area contributed by atoms with Crippen LogP contribution in [0.3, 0.4) is 0 Å². The van der Waals surface area contributed by atoms with Crippen molar-refractivity contribution in [2.24, 2.45) is 11.8 Å². The molecule has 118 valence electrons. The van der Waals surface area contributed by atoms with Crippen molar-refractivity contribution in [2.45, 2.75) is 52.7 Å². The molecule has 0 radical (unpaired) electrons. The molecule has 0 aliphatic rings. The summed E-state index contributed by atoms with van der Waals surface area (Å²) in [4.78, 5) is 23.2. The van der Waals surface area contributed by atoms with Gasteiger partial charge in [-0.05, 0) is 24.7 Å². The molecule has 2 atom stereocenters. The molecule has 0 rings (SSSR count). The summed E-state index contributed by atoms with van der Waals surface area (Å²) in [6.07, 6.45) is -0.0237. The number of hydrogen-bond donors (Lipinski definition) is 3. The van der Waals surface area contributed by atoms with Crippen LogP contribution in [-0.4, -0.2) is 42.9 Å². The van der Waals surface area contributed by atoms with E-state index in [2.05, 4.69) is 15.4 Å². The van der Waals surface area contributed by atoms with Gasteiger partial charge in [0.1, 0.15) is 6.04 Å². The maximum Gasteiger partial charge on any atom is 0.407 e. The Balaban J connectivity index is 4.29. The number of alkyl carbamates (subject to hydrolysis) is 1. The fourth-order valence-corrected chi connectivity index (χ4v) is 1.70. The number of ether oxygens (including phenoxy) is 1. The topological polar surface area (TPSA) is 87.7 Å². The van der Waals surface area contributed by atoms with Crippen LogP contribution < -0.4 is 10.6 Å². The van der Waals surface area contributed by atoms with E-state index in [4.69, 9.17) is 0 Å². The number of carbonyl (C=O) groups excluding carboxylic acids is 2. The van der Waals surface area contributed by atoms with Crippen LogP contribution in [0.25, 0.3) is 0 Å². The molecule has 0 aliphatic carbocycles. The van der Waals surface area contributed by atoms with Gasteiger partial charge >= 0.3 is 6.09 Å². The van der Waals surface area contributed by atoms with Crippen LogP contribution in [0, 0.1) is 11.8 Å². The number of aliphatic hydroxyl groups excluding tert-OH is 1. The van der Waals surface area contributed by atoms with E-state index in [0.29, 0.717) is 19.4 Å². The highest BCUT2D eigenvalue weighted by atomic mass is 16.5. The van der Waals surface area contributed by atoms with Crippen LogP contribution in [0.5, 0.6) is 0 Å². The second-order valence-electron chi connectivity index (χ2n) is 5.71. The molecule has 0 saturated carbocycles. The largest absolute Gasteiger partial charge is 0.453 e. The molecule has 0 aromatic rings. The van der Waals surface area contributed by atoms with Crippen LogP contribution in [0.4, 0.5) is 4.79 Å². The Morgan fingerprint density at radius 3 is 2.25 bits per heavy atom. The fourth-order valence-electron chi connectivity index (χ4n) is 1.70. The highest BCUT2D eigenvalue weighted by Crippen LogP contribution is 2.07. The number of amides is 2. The molecule has 0 aromatic heterocycles. The Hall–Kier alpha value is -1.30. The van der Waals surface area contributed by atoms with Crippen LogP contribution >= 0.6 is 0 Å². The molecular weight excluding hydrogens is 260 g/mol. The zero-order chi connectivity index (χ0) is 15.7. The molecule has 0 spiro atoms. The van der Waals surface area contributed by atoms with Crippen molar-refractivity contribution < 1.29 is 19.4 Å². The minimum Gasteiger partial charge on any atom is -0.453 e. The Labute approximate surface area is 121 Å². The maximum atomic E-state index is 12.0. The molecule has 0 heterocycles. The van der Waals surface area contributed by atoms with Crippen LogP contribution in [0.1, 0.15) is 40.5 Å². The summed E-state index contributed by atoms with van der Waals surface area (Å²) in [6.45, 7) is 8.18. The molecule has 0 aliphatic heterocycles. The number of aliphatic hydroxyl groups is 1. The predicted octanol–water partition coefficient (Wildman–Crippen LogP) is 1.28. The standard InChI is InChI=1S/C14H28N2O4/c1-9(2)8-11(16-14(19)20-5)13(18)15-7-6-12(17)10(3)4/h9-12,17H,6-8H2,1-5H3,(H,15,18)(H,16,19)/t11-,12+/m0/s1. The highest BCUT2D eigenvalue weighted by Gasteiger charge is 2.22. The third-order valence-electron chi connectivity index (χ3n) is 3.01. The predicted molar refractivity (Wildman–Crippen MR) is 77.3 cm³/mol. The van der Waals surface area contributed by atoms with Crippen molar-refractivity contribution in [3.8, 4) is 0 Å². The van der Waals surface area contributed by atoms with Crippen molar-refractivity contribution in [1.82, 2.24) is 10.6 Å². The van der Waals surface area contributed by atoms with E-state index in [0.717, 1.165) is 0 Å². The molecule has 6 nitrogen and oxygen atoms in total. The van der Waals surface area contributed by atoms with Gasteiger partial charge in [-0.2, -0.15) is 0 Å². The lowest BCUT2D eigenvalue weighted by Crippen LogP contribution is -2.47. The summed E-state index contributed by atoms with van der Waals surface area (Å²) in [7, 11) is 1.26. The Morgan fingerprint density at radius 1 is 1.20 bits per heavy atom. The smallest absolute Gasteiger partial charge is 0.407 e. The second kappa shape index (κ2) is 9.58. The third kappa shape index (κ3) is 7.99. The van der Waals surface area contributed by atoms with Crippen molar-refractivity contribution >= 4 is 12.0 Å². The maximum absolute atomic E-state index is 12.0. The third-order valence-corrected chi connectivity index (χ3v) is 3.01. The molecule has 2 amide bonds. The normalized spacial score (nSPS) is 14.0. The van der Waals surface area contributed by atoms with Gasteiger partial charge < -0.3 is 20.5 Å². The van der Waals surface area contributed by atoms with Gasteiger partial charge in [-0.3, -0.25) is 4.79 Å². The first-order valence-corrected chi connectivity index (χ1v) is 7.08. The number of hydrogen-bond acceptors (Lipinski definition) is 4. The minimum absolute atomic E-state index is 0.159. The molecule has 0 fully saturated rings. The molecule has 0 bridgehead atoms. The van der Waals surface area contributed by atoms with Gasteiger partial charge in [0.25, 0.3) is 0 Å². The monoisotopic (exact) mass is 288 g/mol. The van der Waals surface area contributed by atoms with E-state index in [9.17, 15) is 14.7 Å². The van der Waals surface area contributed by atoms with Crippen molar-refractivity contribution in [3.63, 3.8) is 0 Å². The first-order chi connectivity index (χ1) is 9.27. The number of methoxy groups -OCH3 is 1. The van der Waals surface area contributed by atoms with Gasteiger partial charge in [0.05, 0.1) is 13.2 Å². The van der Waals surface area contributed by atoms with Crippen molar-refractivity contribution in [3.05, 3.63) is 0 Å². The zero-order valence-electron chi connectivity index (χ0n) is 13.1. The van der Waals surface area contributed by atoms with E-state index >= 15 is 0 Å². The van der Waals surface area contributed by atoms with Crippen LogP contribution in [-0.2, 0) is 9.53 Å². The molecule has 20 heavy (non-hydrogen) atoms. The molecule has 3 N–H and O–H groups in total. The average Bonchev–Trinajstić information content (AvgIpc) is 2.36. The summed E-state index contributed by atoms with van der Waals surface area (Å²) in [6, 6.07) is -0.612. The van der Waals surface area contributed by atoms with Gasteiger partial charge in [-0.1, -0.05) is 27.7 Å². The summed E-state index contributed by atoms with van der Waals surface area (Å²) in [5, 5.41) is 14.9. The summed E-state index contributed by atoms with van der Waals surface area (Å²) < 4.78 is 4.52. The molecule has 0 saturated heterocycles. The van der Waals surface area contributed by atoms with Gasteiger partial charge in [0.15, 0.2) is 0 Å². The quantitative estimate of drug-likeness (QED) is 0.628. The fraction of sp³-hybridized carbons (Fsp3) is 0.857. The Kier molecular flexibility index (Phi) is 8.96. The number of rotatable bonds is 8. The van der Waals surface area contributed by atoms with E-state index in [1.807, 2.05) is 27.7 Å². The van der Waals surface area contributed by atoms with Gasteiger partial charge in [0.2, 0.25) is 5.91 Å². The first-order valence-electron chi connectivity index (χ1n) is 7.08. The number of nitrogens with one attached hydrogen (secondary N) is 2. The molecular formula is C14H28N2O4. The lowest BCUT2D eigenvalue weighted by atomic mass is 10.0. The summed E-state index contributed by atoms with van der Waals surface area (Å²) in [5.41, 5.74) is 0. The molecule has 6 heteroatoms. The van der Waals surface area contributed by atoms with Gasteiger partial charge in [-0.15, -0.1) is 0 Å². The van der Waals surface area contributed by atoms with E-state index in [1.54, 1.807) is 0 Å². The van der Waals surface area contributed by atoms with E-state index in [1.165, 1.54) is 7.11 Å². The SMILES string of the molecule is COC(=O)N[C@@H](CC(C)C)C(=O)NCC[C@@H](O)C(C)C. The first kappa shape index (κ1) is 18.7. The lowest BCUT2D eigenvalue weighted by molar-refractivity contribution is -0.123. The van der Waals surface area contributed by atoms with E-state index in [-0.39, 0.29) is 17.7 Å². The molecule has 0 unspecified atom stereocenters. The van der Waals surface area contributed by atoms with Crippen LogP contribution in [0.15, 0.2) is 0 Å². The average molecular weight is 288 g/mol. The second-order valence-corrected chi connectivity index (χ2v) is 5.71. The van der Waals surface area contributed by atoms with Crippen molar-refractivity contribution in [1.29, 1.82) is 0 Å². The summed E-state index contributed by atoms with van der Waals surface area (Å²) in [5.74, 6) is 0.177. The zero-order valence-corrected chi connectivity index (χ0v) is 13.1. The van der Waals surface area contributed by atoms with Crippen molar-refractivity contribution in [2.75, 3.05) is 13.7 Å². The van der Waals surface area contributed by atoms with Gasteiger partial charge in [-0.25, -0.2) is 4.79 Å².